The summed E-state index contributed by atoms with van der Waals surface area (Å²) in [4.78, 5) is 11.3. The van der Waals surface area contributed by atoms with Gasteiger partial charge < -0.3 is 9.15 Å². The summed E-state index contributed by atoms with van der Waals surface area (Å²) >= 11 is 0. The molecule has 0 aromatic carbocycles. The predicted molar refractivity (Wildman–Crippen MR) is 43.4 cm³/mol. The van der Waals surface area contributed by atoms with Crippen molar-refractivity contribution < 1.29 is 13.9 Å². The molecule has 0 aliphatic heterocycles. The van der Waals surface area contributed by atoms with Gasteiger partial charge in [-0.05, 0) is 6.92 Å². The molecule has 0 saturated heterocycles. The van der Waals surface area contributed by atoms with Gasteiger partial charge in [-0.25, -0.2) is 9.31 Å². The Bertz CT molecular complexity index is 429. The molecule has 5 heteroatoms. The number of carbonyl (C=O) groups excluding carboxylic acids is 1. The largest absolute Gasteiger partial charge is 0.462 e. The maximum atomic E-state index is 11.3. The number of oxazole rings is 1. The second-order valence-electron chi connectivity index (χ2n) is 2.43. The molecule has 0 saturated carbocycles. The van der Waals surface area contributed by atoms with Gasteiger partial charge in [0.05, 0.1) is 19.0 Å². The topological polar surface area (TPSA) is 56.7 Å². The molecule has 2 rings (SSSR count). The smallest absolute Gasteiger partial charge is 0.345 e. The average Bonchev–Trinajstić information content (AvgIpc) is 2.62. The van der Waals surface area contributed by atoms with Crippen LogP contribution in [0.25, 0.3) is 5.71 Å². The lowest BCUT2D eigenvalue weighted by Gasteiger charge is -1.96. The minimum Gasteiger partial charge on any atom is -0.462 e. The number of esters is 1. The number of aromatic nitrogens is 2. The summed E-state index contributed by atoms with van der Waals surface area (Å²) in [6.45, 7) is 2.09. The van der Waals surface area contributed by atoms with Crippen LogP contribution < -0.4 is 0 Å². The molecular formula is C8H8N2O3. The van der Waals surface area contributed by atoms with Crippen LogP contribution in [0.15, 0.2) is 23.1 Å². The Labute approximate surface area is 73.9 Å². The van der Waals surface area contributed by atoms with Crippen LogP contribution in [0.5, 0.6) is 0 Å². The van der Waals surface area contributed by atoms with Gasteiger partial charge in [0.15, 0.2) is 0 Å². The fraction of sp³-hybridized carbons (Fsp3) is 0.250. The number of hydrogen-bond donors (Lipinski definition) is 0. The maximum Gasteiger partial charge on any atom is 0.345 e. The third-order valence-electron chi connectivity index (χ3n) is 1.63. The highest BCUT2D eigenvalue weighted by Gasteiger charge is 2.15. The monoisotopic (exact) mass is 180 g/mol. The van der Waals surface area contributed by atoms with Gasteiger partial charge in [0.2, 0.25) is 5.71 Å². The number of nitrogens with zero attached hydrogens (tertiary/aromatic N) is 2. The Morgan fingerprint density at radius 3 is 3.38 bits per heavy atom. The zero-order valence-corrected chi connectivity index (χ0v) is 7.06. The van der Waals surface area contributed by atoms with E-state index in [0.29, 0.717) is 17.9 Å². The van der Waals surface area contributed by atoms with Gasteiger partial charge in [-0.15, -0.1) is 0 Å². The van der Waals surface area contributed by atoms with Crippen LogP contribution in [-0.4, -0.2) is 22.2 Å². The van der Waals surface area contributed by atoms with E-state index < -0.39 is 5.97 Å². The summed E-state index contributed by atoms with van der Waals surface area (Å²) in [6, 6.07) is 0. The summed E-state index contributed by atoms with van der Waals surface area (Å²) in [6.07, 6.45) is 4.51. The number of hydrogen-bond acceptors (Lipinski definition) is 4. The van der Waals surface area contributed by atoms with E-state index in [0.717, 1.165) is 0 Å². The van der Waals surface area contributed by atoms with Crippen molar-refractivity contribution in [3.05, 3.63) is 24.2 Å². The number of carbonyl (C=O) groups is 1. The Kier molecular flexibility index (Phi) is 1.77. The molecule has 0 amide bonds. The van der Waals surface area contributed by atoms with Crippen molar-refractivity contribution in [3.63, 3.8) is 0 Å². The van der Waals surface area contributed by atoms with Crippen molar-refractivity contribution in [2.24, 2.45) is 0 Å². The first kappa shape index (κ1) is 7.85. The molecule has 0 N–H and O–H groups in total. The molecular weight excluding hydrogens is 172 g/mol. The average molecular weight is 180 g/mol. The van der Waals surface area contributed by atoms with E-state index in [-0.39, 0.29) is 0 Å². The lowest BCUT2D eigenvalue weighted by atomic mass is 10.4. The lowest BCUT2D eigenvalue weighted by molar-refractivity contribution is 0.0527. The minimum absolute atomic E-state index is 0.344. The van der Waals surface area contributed by atoms with E-state index in [1.54, 1.807) is 13.1 Å². The molecule has 2 aromatic heterocycles. The molecule has 0 spiro atoms. The quantitative estimate of drug-likeness (QED) is 0.649. The predicted octanol–water partition coefficient (Wildman–Crippen LogP) is 1.10. The van der Waals surface area contributed by atoms with Crippen molar-refractivity contribution in [1.82, 2.24) is 9.61 Å². The lowest BCUT2D eigenvalue weighted by Crippen LogP contribution is -2.03. The highest BCUT2D eigenvalue weighted by atomic mass is 16.5. The van der Waals surface area contributed by atoms with Crippen LogP contribution in [0.1, 0.15) is 17.3 Å². The molecule has 13 heavy (non-hydrogen) atoms. The van der Waals surface area contributed by atoms with Gasteiger partial charge in [0, 0.05) is 0 Å². The third kappa shape index (κ3) is 1.18. The zero-order valence-electron chi connectivity index (χ0n) is 7.06. The Morgan fingerprint density at radius 2 is 2.62 bits per heavy atom. The van der Waals surface area contributed by atoms with Gasteiger partial charge in [-0.1, -0.05) is 0 Å². The van der Waals surface area contributed by atoms with Crippen LogP contribution >= 0.6 is 0 Å². The van der Waals surface area contributed by atoms with E-state index in [1.165, 1.54) is 17.0 Å². The zero-order chi connectivity index (χ0) is 9.26. The number of fused-ring (bicyclic) bond motifs is 1. The molecule has 0 radical (unpaired) electrons. The van der Waals surface area contributed by atoms with Crippen LogP contribution in [0.2, 0.25) is 0 Å². The van der Waals surface area contributed by atoms with Gasteiger partial charge >= 0.3 is 5.97 Å². The van der Waals surface area contributed by atoms with E-state index in [4.69, 9.17) is 9.15 Å². The van der Waals surface area contributed by atoms with Crippen LogP contribution in [0.4, 0.5) is 0 Å². The molecule has 0 atom stereocenters. The SMILES string of the molecule is CCOC(=O)c1cnn2ccoc12. The first-order valence-electron chi connectivity index (χ1n) is 3.91. The fourth-order valence-electron chi connectivity index (χ4n) is 1.08. The molecule has 5 nitrogen and oxygen atoms in total. The van der Waals surface area contributed by atoms with Gasteiger partial charge in [-0.3, -0.25) is 0 Å². The highest BCUT2D eigenvalue weighted by molar-refractivity contribution is 5.94. The van der Waals surface area contributed by atoms with Crippen molar-refractivity contribution in [1.29, 1.82) is 0 Å². The van der Waals surface area contributed by atoms with Crippen LogP contribution in [-0.2, 0) is 4.74 Å². The maximum absolute atomic E-state index is 11.3. The molecule has 0 unspecified atom stereocenters. The van der Waals surface area contributed by atoms with Crippen LogP contribution in [0.3, 0.4) is 0 Å². The fourth-order valence-corrected chi connectivity index (χ4v) is 1.08. The summed E-state index contributed by atoms with van der Waals surface area (Å²) in [5.41, 5.74) is 0.769. The Hall–Kier alpha value is -1.78. The molecule has 2 heterocycles. The molecule has 0 bridgehead atoms. The molecule has 0 aliphatic rings. The summed E-state index contributed by atoms with van der Waals surface area (Å²) in [5.74, 6) is -0.410. The molecule has 68 valence electrons. The summed E-state index contributed by atoms with van der Waals surface area (Å²) in [5, 5.41) is 3.90. The van der Waals surface area contributed by atoms with Crippen molar-refractivity contribution in [2.75, 3.05) is 6.61 Å². The van der Waals surface area contributed by atoms with Crippen molar-refractivity contribution >= 4 is 11.7 Å². The molecule has 0 aliphatic carbocycles. The van der Waals surface area contributed by atoms with E-state index in [2.05, 4.69) is 5.10 Å². The molecule has 2 aromatic rings. The number of rotatable bonds is 2. The first-order chi connectivity index (χ1) is 6.33. The van der Waals surface area contributed by atoms with Crippen molar-refractivity contribution in [3.8, 4) is 0 Å². The second-order valence-corrected chi connectivity index (χ2v) is 2.43. The number of ether oxygens (including phenoxy) is 1. The van der Waals surface area contributed by atoms with Crippen LogP contribution in [0, 0.1) is 0 Å². The summed E-state index contributed by atoms with van der Waals surface area (Å²) < 4.78 is 11.3. The van der Waals surface area contributed by atoms with E-state index in [9.17, 15) is 4.79 Å². The molecule has 0 fully saturated rings. The third-order valence-corrected chi connectivity index (χ3v) is 1.63. The first-order valence-corrected chi connectivity index (χ1v) is 3.91. The van der Waals surface area contributed by atoms with Crippen molar-refractivity contribution in [2.45, 2.75) is 6.92 Å². The standard InChI is InChI=1S/C8H8N2O3/c1-2-12-8(11)6-5-9-10-3-4-13-7(6)10/h3-5H,2H2,1H3. The Balaban J connectivity index is 2.42. The Morgan fingerprint density at radius 1 is 1.77 bits per heavy atom. The minimum atomic E-state index is -0.410. The second kappa shape index (κ2) is 2.93. The normalized spacial score (nSPS) is 10.5. The summed E-state index contributed by atoms with van der Waals surface area (Å²) in [7, 11) is 0. The highest BCUT2D eigenvalue weighted by Crippen LogP contribution is 2.11. The van der Waals surface area contributed by atoms with E-state index in [1.807, 2.05) is 0 Å². The van der Waals surface area contributed by atoms with Gasteiger partial charge in [0.1, 0.15) is 11.8 Å². The van der Waals surface area contributed by atoms with Gasteiger partial charge in [-0.2, -0.15) is 5.10 Å². The van der Waals surface area contributed by atoms with Gasteiger partial charge in [0.25, 0.3) is 0 Å². The van der Waals surface area contributed by atoms with E-state index >= 15 is 0 Å².